The van der Waals surface area contributed by atoms with E-state index in [1.165, 1.54) is 0 Å². The molecule has 0 bridgehead atoms. The van der Waals surface area contributed by atoms with Crippen LogP contribution in [0.4, 0.5) is 26.3 Å². The minimum Gasteiger partial charge on any atom is -0.294 e. The van der Waals surface area contributed by atoms with Crippen LogP contribution in [0.15, 0.2) is 0 Å². The van der Waals surface area contributed by atoms with Crippen molar-refractivity contribution in [1.29, 1.82) is 0 Å². The van der Waals surface area contributed by atoms with Crippen molar-refractivity contribution in [2.24, 2.45) is 0 Å². The lowest BCUT2D eigenvalue weighted by molar-refractivity contribution is -0.164. The van der Waals surface area contributed by atoms with Crippen LogP contribution in [0.3, 0.4) is 0 Å². The fraction of sp³-hybridized carbons (Fsp3) is 0.800. The first-order valence-electron chi connectivity index (χ1n) is 3.46. The van der Waals surface area contributed by atoms with Crippen molar-refractivity contribution in [2.75, 3.05) is 13.2 Å². The van der Waals surface area contributed by atoms with Gasteiger partial charge in [0.15, 0.2) is 13.2 Å². The predicted octanol–water partition coefficient (Wildman–Crippen LogP) is 2.53. The molecular weight excluding hydrogens is 269 g/mol. The quantitative estimate of drug-likeness (QED) is 0.439. The SMILES string of the molecule is O=CP(=O)(OCC(F)(F)F)OCC(F)(F)F. The van der Waals surface area contributed by atoms with Crippen LogP contribution in [0, 0.1) is 0 Å². The topological polar surface area (TPSA) is 52.6 Å². The highest BCUT2D eigenvalue weighted by Crippen LogP contribution is 2.47. The van der Waals surface area contributed by atoms with Crippen molar-refractivity contribution < 1.29 is 44.7 Å². The summed E-state index contributed by atoms with van der Waals surface area (Å²) in [4.78, 5) is 10.0. The van der Waals surface area contributed by atoms with Crippen LogP contribution in [0.1, 0.15) is 0 Å². The second-order valence-electron chi connectivity index (χ2n) is 2.42. The number of hydrogen-bond acceptors (Lipinski definition) is 4. The van der Waals surface area contributed by atoms with Gasteiger partial charge < -0.3 is 0 Å². The van der Waals surface area contributed by atoms with Crippen molar-refractivity contribution in [2.45, 2.75) is 12.4 Å². The summed E-state index contributed by atoms with van der Waals surface area (Å²) >= 11 is 0. The minimum atomic E-state index is -5.01. The molecule has 0 spiro atoms. The molecule has 0 atom stereocenters. The molecule has 0 aromatic heterocycles. The fourth-order valence-electron chi connectivity index (χ4n) is 0.424. The van der Waals surface area contributed by atoms with Gasteiger partial charge in [-0.2, -0.15) is 26.3 Å². The fourth-order valence-corrected chi connectivity index (χ4v) is 1.27. The zero-order chi connectivity index (χ0) is 13.0. The summed E-state index contributed by atoms with van der Waals surface area (Å²) in [6.07, 6.45) is -9.86. The molecule has 4 nitrogen and oxygen atoms in total. The Kier molecular flexibility index (Phi) is 4.96. The maximum atomic E-state index is 11.6. The van der Waals surface area contributed by atoms with E-state index in [-0.39, 0.29) is 0 Å². The molecule has 0 saturated heterocycles. The third-order valence-electron chi connectivity index (χ3n) is 0.945. The lowest BCUT2D eigenvalue weighted by Gasteiger charge is -2.15. The Bertz CT molecular complexity index is 262. The Hall–Kier alpha value is -0.600. The zero-order valence-electron chi connectivity index (χ0n) is 7.34. The highest BCUT2D eigenvalue weighted by Gasteiger charge is 2.38. The number of alkyl halides is 6. The number of carbonyl (C=O) groups excluding carboxylic acids is 1. The van der Waals surface area contributed by atoms with Crippen molar-refractivity contribution in [3.63, 3.8) is 0 Å². The molecule has 0 aliphatic rings. The molecule has 0 saturated carbocycles. The lowest BCUT2D eigenvalue weighted by atomic mass is 10.7. The molecule has 0 aromatic carbocycles. The van der Waals surface area contributed by atoms with E-state index in [0.29, 0.717) is 0 Å². The first-order chi connectivity index (χ1) is 6.97. The van der Waals surface area contributed by atoms with E-state index in [9.17, 15) is 35.7 Å². The monoisotopic (exact) mass is 274 g/mol. The van der Waals surface area contributed by atoms with Crippen molar-refractivity contribution >= 4 is 13.6 Å². The molecule has 0 aliphatic heterocycles. The van der Waals surface area contributed by atoms with Crippen LogP contribution in [-0.4, -0.2) is 31.6 Å². The van der Waals surface area contributed by atoms with Gasteiger partial charge in [0.25, 0.3) is 0 Å². The van der Waals surface area contributed by atoms with Crippen LogP contribution >= 0.6 is 7.60 Å². The summed E-state index contributed by atoms with van der Waals surface area (Å²) < 4.78 is 87.2. The van der Waals surface area contributed by atoms with E-state index in [0.717, 1.165) is 0 Å². The van der Waals surface area contributed by atoms with E-state index >= 15 is 0 Å². The van der Waals surface area contributed by atoms with Crippen molar-refractivity contribution in [3.8, 4) is 0 Å². The standard InChI is InChI=1S/C5H5F6O4P/c6-4(7,8)1-14-16(13,3-12)15-2-5(9,10)11/h3H,1-2H2. The number of rotatable bonds is 5. The van der Waals surface area contributed by atoms with E-state index in [1.807, 2.05) is 0 Å². The van der Waals surface area contributed by atoms with Gasteiger partial charge in [-0.05, 0) is 0 Å². The van der Waals surface area contributed by atoms with Gasteiger partial charge >= 0.3 is 19.9 Å². The number of halogens is 6. The largest absolute Gasteiger partial charge is 0.412 e. The van der Waals surface area contributed by atoms with Crippen LogP contribution < -0.4 is 0 Å². The Balaban J connectivity index is 4.33. The molecule has 0 aliphatic carbocycles. The summed E-state index contributed by atoms with van der Waals surface area (Å²) in [6.45, 7) is -4.28. The van der Waals surface area contributed by atoms with Gasteiger partial charge in [-0.1, -0.05) is 0 Å². The Morgan fingerprint density at radius 2 is 1.25 bits per heavy atom. The van der Waals surface area contributed by atoms with Crippen LogP contribution in [0.2, 0.25) is 0 Å². The van der Waals surface area contributed by atoms with Crippen LogP contribution in [-0.2, 0) is 18.4 Å². The molecule has 0 heterocycles. The summed E-state index contributed by atoms with van der Waals surface area (Å²) in [7, 11) is -5.01. The predicted molar refractivity (Wildman–Crippen MR) is 38.4 cm³/mol. The highest BCUT2D eigenvalue weighted by atomic mass is 31.2. The summed E-state index contributed by atoms with van der Waals surface area (Å²) in [6, 6.07) is -0.718. The first kappa shape index (κ1) is 15.4. The highest BCUT2D eigenvalue weighted by molar-refractivity contribution is 7.69. The molecule has 0 N–H and O–H groups in total. The third-order valence-corrected chi connectivity index (χ3v) is 2.18. The lowest BCUT2D eigenvalue weighted by Crippen LogP contribution is -2.20. The smallest absolute Gasteiger partial charge is 0.294 e. The second-order valence-corrected chi connectivity index (χ2v) is 4.23. The molecule has 0 radical (unpaired) electrons. The molecule has 0 unspecified atom stereocenters. The molecule has 0 aromatic rings. The van der Waals surface area contributed by atoms with Crippen LogP contribution in [0.25, 0.3) is 0 Å². The minimum absolute atomic E-state index is 0.718. The number of hydrogen-bond donors (Lipinski definition) is 0. The summed E-state index contributed by atoms with van der Waals surface area (Å²) in [5.74, 6) is 0. The average molecular weight is 274 g/mol. The van der Waals surface area contributed by atoms with E-state index in [2.05, 4.69) is 9.05 Å². The van der Waals surface area contributed by atoms with Gasteiger partial charge in [0.2, 0.25) is 6.03 Å². The Labute approximate surface area is 85.0 Å². The van der Waals surface area contributed by atoms with Gasteiger partial charge in [0.05, 0.1) is 0 Å². The zero-order valence-corrected chi connectivity index (χ0v) is 8.23. The molecule has 11 heteroatoms. The summed E-state index contributed by atoms with van der Waals surface area (Å²) in [5, 5.41) is 0. The van der Waals surface area contributed by atoms with E-state index in [1.54, 1.807) is 0 Å². The van der Waals surface area contributed by atoms with Gasteiger partial charge in [0.1, 0.15) is 0 Å². The Morgan fingerprint density at radius 1 is 0.938 bits per heavy atom. The van der Waals surface area contributed by atoms with Gasteiger partial charge in [0, 0.05) is 0 Å². The molecule has 0 amide bonds. The van der Waals surface area contributed by atoms with Crippen LogP contribution in [0.5, 0.6) is 0 Å². The average Bonchev–Trinajstić information content (AvgIpc) is 2.09. The van der Waals surface area contributed by atoms with E-state index < -0.39 is 39.2 Å². The maximum Gasteiger partial charge on any atom is 0.412 e. The van der Waals surface area contributed by atoms with Gasteiger partial charge in [-0.3, -0.25) is 18.4 Å². The molecule has 16 heavy (non-hydrogen) atoms. The Morgan fingerprint density at radius 3 is 1.44 bits per heavy atom. The normalized spacial score (nSPS) is 13.9. The second kappa shape index (κ2) is 5.15. The molecule has 96 valence electrons. The molecule has 0 rings (SSSR count). The third kappa shape index (κ3) is 7.66. The van der Waals surface area contributed by atoms with Crippen molar-refractivity contribution in [3.05, 3.63) is 0 Å². The van der Waals surface area contributed by atoms with Crippen molar-refractivity contribution in [1.82, 2.24) is 0 Å². The number of carbonyl (C=O) groups is 1. The molecule has 0 fully saturated rings. The van der Waals surface area contributed by atoms with E-state index in [4.69, 9.17) is 0 Å². The first-order valence-corrected chi connectivity index (χ1v) is 5.07. The van der Waals surface area contributed by atoms with Gasteiger partial charge in [-0.25, -0.2) is 0 Å². The maximum absolute atomic E-state index is 11.6. The van der Waals surface area contributed by atoms with Gasteiger partial charge in [-0.15, -0.1) is 0 Å². The summed E-state index contributed by atoms with van der Waals surface area (Å²) in [5.41, 5.74) is 0. The molecular formula is C5H5F6O4P.